The minimum absolute atomic E-state index is 0.0196. The van der Waals surface area contributed by atoms with E-state index in [1.807, 2.05) is 13.8 Å². The van der Waals surface area contributed by atoms with Crippen LogP contribution < -0.4 is 0 Å². The van der Waals surface area contributed by atoms with Crippen LogP contribution in [0.25, 0.3) is 0 Å². The van der Waals surface area contributed by atoms with Crippen LogP contribution in [-0.4, -0.2) is 64.4 Å². The van der Waals surface area contributed by atoms with Crippen LogP contribution in [0.4, 0.5) is 0 Å². The van der Waals surface area contributed by atoms with Gasteiger partial charge in [0.1, 0.15) is 0 Å². The van der Waals surface area contributed by atoms with Crippen LogP contribution in [0, 0.1) is 61.2 Å². The fourth-order valence-corrected chi connectivity index (χ4v) is 7.68. The van der Waals surface area contributed by atoms with E-state index in [1.54, 1.807) is 11.1 Å². The van der Waals surface area contributed by atoms with Crippen molar-refractivity contribution >= 4 is 0 Å². The second-order valence-corrected chi connectivity index (χ2v) is 21.7. The zero-order valence-electron chi connectivity index (χ0n) is 45.0. The van der Waals surface area contributed by atoms with Crippen LogP contribution in [0.15, 0.2) is 47.6 Å². The summed E-state index contributed by atoms with van der Waals surface area (Å²) in [6.07, 6.45) is 25.0. The lowest BCUT2D eigenvalue weighted by atomic mass is 9.84. The third-order valence-corrected chi connectivity index (χ3v) is 13.2. The maximum absolute atomic E-state index is 5.39. The Labute approximate surface area is 398 Å². The first-order valence-electron chi connectivity index (χ1n) is 26.3. The van der Waals surface area contributed by atoms with Gasteiger partial charge in [0, 0.05) is 25.0 Å². The van der Waals surface area contributed by atoms with E-state index in [9.17, 15) is 0 Å². The topological polar surface area (TPSA) is 55.4 Å². The SMILES string of the molecule is CC1=CC[C@@H](C)CC1.CC1=CC[C@H](C)CC1.CC1CCC(C)CC1.CC1COC(C)OC1.CC1COC(C)OC1.C[C@@H]1CC[C@H](C)OC1.C[C@H]1CC[C@@H](C)OC1.Cc1ccc(C)cc1. The lowest BCUT2D eigenvalue weighted by molar-refractivity contribution is -0.187. The summed E-state index contributed by atoms with van der Waals surface area (Å²) in [7, 11) is 0. The Morgan fingerprint density at radius 3 is 0.797 bits per heavy atom. The van der Waals surface area contributed by atoms with Gasteiger partial charge in [0.15, 0.2) is 12.6 Å². The van der Waals surface area contributed by atoms with Crippen molar-refractivity contribution in [3.05, 3.63) is 58.7 Å². The van der Waals surface area contributed by atoms with Crippen LogP contribution in [0.2, 0.25) is 0 Å². The number of allylic oxidation sites excluding steroid dienone is 4. The van der Waals surface area contributed by atoms with Gasteiger partial charge in [-0.1, -0.05) is 140 Å². The number of ether oxygens (including phenoxy) is 6. The molecule has 5 fully saturated rings. The molecule has 6 heteroatoms. The number of rotatable bonds is 0. The molecule has 0 radical (unpaired) electrons. The summed E-state index contributed by atoms with van der Waals surface area (Å²) < 4.78 is 31.5. The molecule has 6 atom stereocenters. The van der Waals surface area contributed by atoms with Crippen LogP contribution in [0.5, 0.6) is 0 Å². The van der Waals surface area contributed by atoms with Gasteiger partial charge in [-0.2, -0.15) is 0 Å². The molecule has 0 N–H and O–H groups in total. The number of hydrogen-bond acceptors (Lipinski definition) is 6. The van der Waals surface area contributed by atoms with Gasteiger partial charge in [-0.15, -0.1) is 0 Å². The minimum Gasteiger partial charge on any atom is -0.378 e. The van der Waals surface area contributed by atoms with Crippen molar-refractivity contribution in [3.8, 4) is 0 Å². The molecular weight excluding hydrogens is 793 g/mol. The van der Waals surface area contributed by atoms with Crippen molar-refractivity contribution in [2.75, 3.05) is 39.6 Å². The van der Waals surface area contributed by atoms with Gasteiger partial charge in [-0.3, -0.25) is 0 Å². The Bertz CT molecular complexity index is 1050. The second kappa shape index (κ2) is 36.5. The van der Waals surface area contributed by atoms with Gasteiger partial charge < -0.3 is 28.4 Å². The third-order valence-electron chi connectivity index (χ3n) is 13.2. The summed E-state index contributed by atoms with van der Waals surface area (Å²) in [5.41, 5.74) is 5.83. The van der Waals surface area contributed by atoms with E-state index >= 15 is 0 Å². The smallest absolute Gasteiger partial charge is 0.154 e. The first-order valence-corrected chi connectivity index (χ1v) is 26.3. The van der Waals surface area contributed by atoms with E-state index in [0.29, 0.717) is 24.0 Å². The predicted molar refractivity (Wildman–Crippen MR) is 275 cm³/mol. The minimum atomic E-state index is 0.0196. The monoisotopic (exact) mass is 899 g/mol. The normalized spacial score (nSPS) is 33.4. The number of benzene rings is 1. The highest BCUT2D eigenvalue weighted by molar-refractivity contribution is 5.19. The maximum atomic E-state index is 5.39. The van der Waals surface area contributed by atoms with Gasteiger partial charge in [-0.25, -0.2) is 0 Å². The summed E-state index contributed by atoms with van der Waals surface area (Å²) >= 11 is 0. The van der Waals surface area contributed by atoms with E-state index in [4.69, 9.17) is 28.4 Å². The third kappa shape index (κ3) is 34.7. The van der Waals surface area contributed by atoms with Gasteiger partial charge in [-0.05, 0) is 155 Å². The molecule has 4 aliphatic heterocycles. The summed E-state index contributed by atoms with van der Waals surface area (Å²) in [6, 6.07) is 8.48. The van der Waals surface area contributed by atoms with Crippen molar-refractivity contribution in [1.29, 1.82) is 0 Å². The van der Waals surface area contributed by atoms with Gasteiger partial charge in [0.25, 0.3) is 0 Å². The Balaban J connectivity index is 0.000000366. The lowest BCUT2D eigenvalue weighted by Crippen LogP contribution is -2.27. The molecule has 8 rings (SSSR count). The molecular formula is C58H106O6. The highest BCUT2D eigenvalue weighted by Gasteiger charge is 2.16. The first kappa shape index (κ1) is 60.5. The molecule has 1 aromatic rings. The van der Waals surface area contributed by atoms with Gasteiger partial charge >= 0.3 is 0 Å². The van der Waals surface area contributed by atoms with Crippen molar-refractivity contribution in [2.45, 2.75) is 225 Å². The molecule has 0 bridgehead atoms. The largest absolute Gasteiger partial charge is 0.378 e. The fraction of sp³-hybridized carbons (Fsp3) is 0.828. The molecule has 64 heavy (non-hydrogen) atoms. The van der Waals surface area contributed by atoms with Crippen molar-refractivity contribution in [3.63, 3.8) is 0 Å². The van der Waals surface area contributed by atoms with Crippen molar-refractivity contribution in [1.82, 2.24) is 0 Å². The summed E-state index contributed by atoms with van der Waals surface area (Å²) in [4.78, 5) is 0. The molecule has 374 valence electrons. The quantitative estimate of drug-likeness (QED) is 0.242. The number of hydrogen-bond donors (Lipinski definition) is 0. The molecule has 6 nitrogen and oxygen atoms in total. The molecule has 1 aromatic carbocycles. The Kier molecular flexibility index (Phi) is 34.5. The molecule has 0 aromatic heterocycles. The molecule has 4 saturated heterocycles. The highest BCUT2D eigenvalue weighted by atomic mass is 16.7. The molecule has 1 saturated carbocycles. The Morgan fingerprint density at radius 2 is 0.594 bits per heavy atom. The molecule has 7 aliphatic rings. The van der Waals surface area contributed by atoms with Crippen LogP contribution in [0.3, 0.4) is 0 Å². The zero-order valence-corrected chi connectivity index (χ0v) is 45.0. The van der Waals surface area contributed by atoms with E-state index in [0.717, 1.165) is 75.1 Å². The van der Waals surface area contributed by atoms with Crippen molar-refractivity contribution < 1.29 is 28.4 Å². The molecule has 0 unspecified atom stereocenters. The van der Waals surface area contributed by atoms with Gasteiger partial charge in [0.2, 0.25) is 0 Å². The summed E-state index contributed by atoms with van der Waals surface area (Å²) in [6.45, 7) is 40.2. The lowest BCUT2D eigenvalue weighted by Gasteiger charge is -2.24. The predicted octanol–water partition coefficient (Wildman–Crippen LogP) is 16.3. The van der Waals surface area contributed by atoms with E-state index < -0.39 is 0 Å². The zero-order chi connectivity index (χ0) is 47.9. The molecule has 0 amide bonds. The Hall–Kier alpha value is -1.54. The average molecular weight is 899 g/mol. The van der Waals surface area contributed by atoms with Gasteiger partial charge in [0.05, 0.1) is 38.6 Å². The fourth-order valence-electron chi connectivity index (χ4n) is 7.68. The Morgan fingerprint density at radius 1 is 0.312 bits per heavy atom. The molecule has 4 heterocycles. The summed E-state index contributed by atoms with van der Waals surface area (Å²) in [5, 5.41) is 0. The van der Waals surface area contributed by atoms with Crippen LogP contribution >= 0.6 is 0 Å². The maximum Gasteiger partial charge on any atom is 0.154 e. The van der Waals surface area contributed by atoms with Crippen molar-refractivity contribution in [2.24, 2.45) is 47.3 Å². The second-order valence-electron chi connectivity index (χ2n) is 21.7. The van der Waals surface area contributed by atoms with E-state index in [2.05, 4.69) is 133 Å². The van der Waals surface area contributed by atoms with E-state index in [1.165, 1.54) is 101 Å². The molecule has 0 spiro atoms. The van der Waals surface area contributed by atoms with Crippen LogP contribution in [0.1, 0.15) is 198 Å². The molecule has 3 aliphatic carbocycles. The standard InChI is InChI=1S/C8H16.2C8H14.C8H10.2C7H14O.2C6H12O2/c4*1-7-3-5-8(2)6-4-7;2*1-6-3-4-7(2)8-5-6;2*1-5-3-7-6(2)8-4-5/h7-8H,3-6H2,1-2H3;2*3,8H,4-6H2,1-2H3;3-6H,1-2H3;2*6-7H,3-5H2,1-2H3;2*5-6H,3-4H2,1-2H3/t;2*8-;;2*6-,7+;;/m.10.10../s1. The van der Waals surface area contributed by atoms with Crippen LogP contribution in [-0.2, 0) is 28.4 Å². The summed E-state index contributed by atoms with van der Waals surface area (Å²) in [5.74, 6) is 6.67. The average Bonchev–Trinajstić information content (AvgIpc) is 3.28. The first-order chi connectivity index (χ1) is 30.3. The number of aryl methyl sites for hydroxylation is 2. The van der Waals surface area contributed by atoms with E-state index in [-0.39, 0.29) is 12.6 Å². The highest BCUT2D eigenvalue weighted by Crippen LogP contribution is 2.27.